The molecule has 0 saturated heterocycles. The first-order valence-corrected chi connectivity index (χ1v) is 4.19. The summed E-state index contributed by atoms with van der Waals surface area (Å²) in [5.74, 6) is 0.838. The number of hydrogen-bond donors (Lipinski definition) is 3. The van der Waals surface area contributed by atoms with Gasteiger partial charge in [-0.25, -0.2) is 4.98 Å². The van der Waals surface area contributed by atoms with Crippen LogP contribution in [0.5, 0.6) is 0 Å². The number of imidazole rings is 1. The zero-order valence-corrected chi connectivity index (χ0v) is 7.44. The van der Waals surface area contributed by atoms with Gasteiger partial charge in [0.15, 0.2) is 0 Å². The minimum atomic E-state index is 0.143. The van der Waals surface area contributed by atoms with E-state index in [2.05, 4.69) is 15.1 Å². The second-order valence-corrected chi connectivity index (χ2v) is 2.97. The highest BCUT2D eigenvalue weighted by Gasteiger charge is 2.03. The van der Waals surface area contributed by atoms with E-state index in [-0.39, 0.29) is 5.84 Å². The van der Waals surface area contributed by atoms with E-state index in [0.29, 0.717) is 12.2 Å². The normalized spacial score (nSPS) is 12.1. The highest BCUT2D eigenvalue weighted by atomic mass is 16.4. The number of aromatic nitrogens is 2. The van der Waals surface area contributed by atoms with Crippen LogP contribution >= 0.6 is 0 Å². The van der Waals surface area contributed by atoms with Gasteiger partial charge in [0.25, 0.3) is 0 Å². The van der Waals surface area contributed by atoms with Crippen molar-refractivity contribution >= 4 is 16.9 Å². The zero-order valence-electron chi connectivity index (χ0n) is 7.44. The van der Waals surface area contributed by atoms with E-state index in [1.165, 1.54) is 0 Å². The number of nitrogens with zero attached hydrogens (tertiary/aromatic N) is 2. The molecule has 5 nitrogen and oxygen atoms in total. The van der Waals surface area contributed by atoms with Crippen LogP contribution in [0.15, 0.2) is 29.4 Å². The Morgan fingerprint density at radius 3 is 3.00 bits per heavy atom. The van der Waals surface area contributed by atoms with E-state index in [0.717, 1.165) is 11.0 Å². The number of oxime groups is 1. The molecule has 0 radical (unpaired) electrons. The third kappa shape index (κ3) is 1.52. The SMILES string of the molecule is N/C(Cc1nc2ccccc2[nH]1)=N\O. The van der Waals surface area contributed by atoms with Crippen molar-refractivity contribution in [1.29, 1.82) is 0 Å². The van der Waals surface area contributed by atoms with Gasteiger partial charge in [-0.15, -0.1) is 0 Å². The molecule has 1 aromatic heterocycles. The Balaban J connectivity index is 2.36. The molecule has 0 bridgehead atoms. The second-order valence-electron chi connectivity index (χ2n) is 2.97. The lowest BCUT2D eigenvalue weighted by atomic mass is 10.3. The smallest absolute Gasteiger partial charge is 0.146 e. The number of amidine groups is 1. The van der Waals surface area contributed by atoms with Gasteiger partial charge in [-0.3, -0.25) is 0 Å². The number of benzene rings is 1. The van der Waals surface area contributed by atoms with Crippen LogP contribution in [-0.4, -0.2) is 21.0 Å². The van der Waals surface area contributed by atoms with Crippen molar-refractivity contribution in [3.8, 4) is 0 Å². The largest absolute Gasteiger partial charge is 0.409 e. The van der Waals surface area contributed by atoms with Crippen molar-refractivity contribution in [3.63, 3.8) is 0 Å². The third-order valence-electron chi connectivity index (χ3n) is 1.92. The molecule has 0 amide bonds. The lowest BCUT2D eigenvalue weighted by Crippen LogP contribution is -2.15. The maximum absolute atomic E-state index is 8.39. The molecule has 0 atom stereocenters. The third-order valence-corrected chi connectivity index (χ3v) is 1.92. The van der Waals surface area contributed by atoms with E-state index >= 15 is 0 Å². The molecule has 2 aromatic rings. The molecule has 0 unspecified atom stereocenters. The van der Waals surface area contributed by atoms with Gasteiger partial charge in [0.05, 0.1) is 17.5 Å². The first kappa shape index (κ1) is 8.55. The molecule has 0 aliphatic carbocycles. The zero-order chi connectivity index (χ0) is 9.97. The monoisotopic (exact) mass is 190 g/mol. The molecule has 1 aromatic carbocycles. The predicted octanol–water partition coefficient (Wildman–Crippen LogP) is 0.852. The van der Waals surface area contributed by atoms with Crippen LogP contribution in [-0.2, 0) is 6.42 Å². The summed E-state index contributed by atoms with van der Waals surface area (Å²) < 4.78 is 0. The molecule has 14 heavy (non-hydrogen) atoms. The lowest BCUT2D eigenvalue weighted by molar-refractivity contribution is 0.317. The molecule has 1 heterocycles. The van der Waals surface area contributed by atoms with Gasteiger partial charge >= 0.3 is 0 Å². The molecular formula is C9H10N4O. The van der Waals surface area contributed by atoms with Crippen molar-refractivity contribution in [3.05, 3.63) is 30.1 Å². The fraction of sp³-hybridized carbons (Fsp3) is 0.111. The van der Waals surface area contributed by atoms with Gasteiger partial charge in [0, 0.05) is 0 Å². The number of nitrogens with one attached hydrogen (secondary N) is 1. The van der Waals surface area contributed by atoms with Gasteiger partial charge in [0.2, 0.25) is 0 Å². The summed E-state index contributed by atoms with van der Waals surface area (Å²) in [7, 11) is 0. The van der Waals surface area contributed by atoms with Crippen LogP contribution < -0.4 is 5.73 Å². The number of para-hydroxylation sites is 2. The predicted molar refractivity (Wildman–Crippen MR) is 53.2 cm³/mol. The lowest BCUT2D eigenvalue weighted by Gasteiger charge is -1.91. The highest BCUT2D eigenvalue weighted by Crippen LogP contribution is 2.10. The molecule has 0 aliphatic heterocycles. The first-order chi connectivity index (χ1) is 6.79. The van der Waals surface area contributed by atoms with Crippen LogP contribution in [0.3, 0.4) is 0 Å². The van der Waals surface area contributed by atoms with Gasteiger partial charge in [-0.05, 0) is 12.1 Å². The van der Waals surface area contributed by atoms with Crippen molar-refractivity contribution in [2.75, 3.05) is 0 Å². The van der Waals surface area contributed by atoms with Crippen molar-refractivity contribution in [1.82, 2.24) is 9.97 Å². The minimum absolute atomic E-state index is 0.143. The van der Waals surface area contributed by atoms with E-state index in [1.54, 1.807) is 0 Å². The molecule has 0 spiro atoms. The Kier molecular flexibility index (Phi) is 2.06. The van der Waals surface area contributed by atoms with Crippen LogP contribution in [0, 0.1) is 0 Å². The van der Waals surface area contributed by atoms with Crippen molar-refractivity contribution in [2.24, 2.45) is 10.9 Å². The van der Waals surface area contributed by atoms with Crippen LogP contribution in [0.1, 0.15) is 5.82 Å². The van der Waals surface area contributed by atoms with Gasteiger partial charge in [-0.1, -0.05) is 17.3 Å². The molecule has 2 rings (SSSR count). The second kappa shape index (κ2) is 3.37. The number of nitrogens with two attached hydrogens (primary N) is 1. The standard InChI is InChI=1S/C9H10N4O/c10-8(13-14)5-9-11-6-3-1-2-4-7(6)12-9/h1-4,14H,5H2,(H2,10,13)(H,11,12). The number of rotatable bonds is 2. The van der Waals surface area contributed by atoms with Crippen LogP contribution in [0.4, 0.5) is 0 Å². The maximum atomic E-state index is 8.39. The Morgan fingerprint density at radius 1 is 1.50 bits per heavy atom. The first-order valence-electron chi connectivity index (χ1n) is 4.19. The summed E-state index contributed by atoms with van der Waals surface area (Å²) in [5.41, 5.74) is 7.20. The van der Waals surface area contributed by atoms with Crippen LogP contribution in [0.25, 0.3) is 11.0 Å². The average Bonchev–Trinajstić information content (AvgIpc) is 2.59. The van der Waals surface area contributed by atoms with E-state index in [4.69, 9.17) is 10.9 Å². The average molecular weight is 190 g/mol. The Morgan fingerprint density at radius 2 is 2.29 bits per heavy atom. The van der Waals surface area contributed by atoms with Gasteiger partial charge < -0.3 is 15.9 Å². The summed E-state index contributed by atoms with van der Waals surface area (Å²) in [5, 5.41) is 11.3. The number of fused-ring (bicyclic) bond motifs is 1. The fourth-order valence-corrected chi connectivity index (χ4v) is 1.30. The number of aromatic amines is 1. The molecule has 0 saturated carbocycles. The van der Waals surface area contributed by atoms with E-state index in [9.17, 15) is 0 Å². The summed E-state index contributed by atoms with van der Waals surface area (Å²) in [6.45, 7) is 0. The molecule has 0 fully saturated rings. The van der Waals surface area contributed by atoms with Crippen LogP contribution in [0.2, 0.25) is 0 Å². The van der Waals surface area contributed by atoms with Gasteiger partial charge in [0.1, 0.15) is 11.7 Å². The molecule has 72 valence electrons. The number of hydrogen-bond acceptors (Lipinski definition) is 3. The summed E-state index contributed by atoms with van der Waals surface area (Å²) in [4.78, 5) is 7.35. The summed E-state index contributed by atoms with van der Waals surface area (Å²) >= 11 is 0. The topological polar surface area (TPSA) is 87.3 Å². The number of H-pyrrole nitrogens is 1. The Hall–Kier alpha value is -2.04. The minimum Gasteiger partial charge on any atom is -0.409 e. The highest BCUT2D eigenvalue weighted by molar-refractivity contribution is 5.83. The van der Waals surface area contributed by atoms with Crippen molar-refractivity contribution in [2.45, 2.75) is 6.42 Å². The fourth-order valence-electron chi connectivity index (χ4n) is 1.30. The molecule has 0 aliphatic rings. The van der Waals surface area contributed by atoms with Gasteiger partial charge in [-0.2, -0.15) is 0 Å². The van der Waals surface area contributed by atoms with Crippen molar-refractivity contribution < 1.29 is 5.21 Å². The molecule has 5 heteroatoms. The summed E-state index contributed by atoms with van der Waals surface area (Å²) in [6.07, 6.45) is 0.325. The molecule has 4 N–H and O–H groups in total. The Labute approximate surface area is 80.3 Å². The summed E-state index contributed by atoms with van der Waals surface area (Å²) in [6, 6.07) is 7.67. The van der Waals surface area contributed by atoms with E-state index < -0.39 is 0 Å². The maximum Gasteiger partial charge on any atom is 0.146 e. The quantitative estimate of drug-likeness (QED) is 0.284. The Bertz CT molecular complexity index is 441. The van der Waals surface area contributed by atoms with E-state index in [1.807, 2.05) is 24.3 Å². The molecular weight excluding hydrogens is 180 g/mol.